The topological polar surface area (TPSA) is 128 Å². The molecular formula is C24H34N4O6. The lowest BCUT2D eigenvalue weighted by Gasteiger charge is -2.30. The number of carbonyl (C=O) groups excluding carboxylic acids is 4. The number of nitrogens with zero attached hydrogens (tertiary/aromatic N) is 2. The van der Waals surface area contributed by atoms with Crippen LogP contribution in [0.4, 0.5) is 0 Å². The van der Waals surface area contributed by atoms with E-state index in [-0.39, 0.29) is 49.6 Å². The molecule has 1 fully saturated rings. The molecule has 2 heterocycles. The molecule has 3 N–H and O–H groups in total. The van der Waals surface area contributed by atoms with Gasteiger partial charge in [0.2, 0.25) is 17.7 Å². The van der Waals surface area contributed by atoms with Crippen molar-refractivity contribution in [3.05, 3.63) is 29.8 Å². The van der Waals surface area contributed by atoms with Gasteiger partial charge in [-0.25, -0.2) is 0 Å². The molecule has 1 saturated heterocycles. The van der Waals surface area contributed by atoms with Crippen LogP contribution in [0.1, 0.15) is 43.5 Å². The fraction of sp³-hybridized carbons (Fsp3) is 0.583. The van der Waals surface area contributed by atoms with Crippen molar-refractivity contribution >= 4 is 23.6 Å². The number of amides is 4. The summed E-state index contributed by atoms with van der Waals surface area (Å²) >= 11 is 0. The van der Waals surface area contributed by atoms with Gasteiger partial charge in [0.25, 0.3) is 5.91 Å². The van der Waals surface area contributed by atoms with Crippen molar-refractivity contribution in [2.24, 2.45) is 5.92 Å². The number of fused-ring (bicyclic) bond motifs is 1. The summed E-state index contributed by atoms with van der Waals surface area (Å²) in [5.74, 6) is -1.61. The van der Waals surface area contributed by atoms with Crippen molar-refractivity contribution in [3.63, 3.8) is 0 Å². The first-order chi connectivity index (χ1) is 16.2. The lowest BCUT2D eigenvalue weighted by molar-refractivity contribution is -0.139. The number of likely N-dealkylation sites (tertiary alicyclic amines) is 1. The number of rotatable bonds is 3. The van der Waals surface area contributed by atoms with Gasteiger partial charge in [0.1, 0.15) is 24.4 Å². The second kappa shape index (κ2) is 11.3. The Bertz CT molecular complexity index is 920. The maximum atomic E-state index is 13.4. The highest BCUT2D eigenvalue weighted by Gasteiger charge is 2.36. The Morgan fingerprint density at radius 3 is 2.62 bits per heavy atom. The smallest absolute Gasteiger partial charge is 0.255 e. The molecule has 2 aliphatic heterocycles. The van der Waals surface area contributed by atoms with Gasteiger partial charge in [-0.15, -0.1) is 0 Å². The maximum Gasteiger partial charge on any atom is 0.255 e. The fourth-order valence-electron chi connectivity index (χ4n) is 4.30. The van der Waals surface area contributed by atoms with E-state index in [2.05, 4.69) is 10.6 Å². The second-order valence-corrected chi connectivity index (χ2v) is 9.13. The zero-order valence-corrected chi connectivity index (χ0v) is 20.0. The van der Waals surface area contributed by atoms with Crippen LogP contribution in [0.5, 0.6) is 5.75 Å². The van der Waals surface area contributed by atoms with Gasteiger partial charge in [0.15, 0.2) is 0 Å². The Morgan fingerprint density at radius 1 is 1.18 bits per heavy atom. The van der Waals surface area contributed by atoms with Gasteiger partial charge in [-0.1, -0.05) is 26.0 Å². The third-order valence-corrected chi connectivity index (χ3v) is 6.31. The molecule has 0 saturated carbocycles. The predicted octanol–water partition coefficient (Wildman–Crippen LogP) is 0.150. The summed E-state index contributed by atoms with van der Waals surface area (Å²) in [6.07, 6.45) is 1.06. The molecule has 10 nitrogen and oxygen atoms in total. The van der Waals surface area contributed by atoms with Crippen molar-refractivity contribution in [1.82, 2.24) is 20.4 Å². The van der Waals surface area contributed by atoms with E-state index < -0.39 is 29.8 Å². The van der Waals surface area contributed by atoms with E-state index in [1.54, 1.807) is 31.3 Å². The quantitative estimate of drug-likeness (QED) is 0.572. The molecule has 4 amide bonds. The van der Waals surface area contributed by atoms with E-state index in [9.17, 15) is 24.3 Å². The summed E-state index contributed by atoms with van der Waals surface area (Å²) in [5, 5.41) is 15.1. The molecule has 1 aromatic rings. The van der Waals surface area contributed by atoms with E-state index in [1.165, 1.54) is 9.80 Å². The van der Waals surface area contributed by atoms with Gasteiger partial charge in [-0.05, 0) is 30.9 Å². The van der Waals surface area contributed by atoms with E-state index in [1.807, 2.05) is 13.8 Å². The van der Waals surface area contributed by atoms with Crippen molar-refractivity contribution in [1.29, 1.82) is 0 Å². The first-order valence-electron chi connectivity index (χ1n) is 11.7. The molecule has 186 valence electrons. The minimum absolute atomic E-state index is 0.152. The normalized spacial score (nSPS) is 24.7. The van der Waals surface area contributed by atoms with Crippen LogP contribution in [0.3, 0.4) is 0 Å². The van der Waals surface area contributed by atoms with Crippen LogP contribution < -0.4 is 15.4 Å². The van der Waals surface area contributed by atoms with E-state index in [0.29, 0.717) is 18.7 Å². The standard InChI is InChI=1S/C24H34N4O6/c1-15(2)21-24(33)27(3)11-12-34-19-9-5-4-8-17(19)22(31)25-18(13-20(30)26-21)23(32)28-10-6-7-16(28)14-29/h4-5,8-9,15-16,18,21,29H,6-7,10-14H2,1-3H3,(H,25,31)(H,26,30)/t16-,18-,21-/m0/s1. The Balaban J connectivity index is 1.94. The van der Waals surface area contributed by atoms with Crippen LogP contribution >= 0.6 is 0 Å². The summed E-state index contributed by atoms with van der Waals surface area (Å²) in [6.45, 7) is 4.33. The maximum absolute atomic E-state index is 13.4. The molecule has 10 heteroatoms. The van der Waals surface area contributed by atoms with Gasteiger partial charge in [-0.3, -0.25) is 19.2 Å². The first-order valence-corrected chi connectivity index (χ1v) is 11.7. The number of hydrogen-bond donors (Lipinski definition) is 3. The lowest BCUT2D eigenvalue weighted by atomic mass is 10.0. The number of nitrogens with one attached hydrogen (secondary N) is 2. The minimum atomic E-state index is -1.16. The van der Waals surface area contributed by atoms with E-state index in [0.717, 1.165) is 6.42 Å². The number of benzene rings is 1. The fourth-order valence-corrected chi connectivity index (χ4v) is 4.30. The summed E-state index contributed by atoms with van der Waals surface area (Å²) in [6, 6.07) is 4.34. The SMILES string of the molecule is CC(C)[C@@H]1NC(=O)C[C@@H](C(=O)N2CCC[C@H]2CO)NC(=O)c2ccccc2OCCN(C)C1=O. The first kappa shape index (κ1) is 25.5. The molecule has 0 unspecified atom stereocenters. The zero-order valence-electron chi connectivity index (χ0n) is 20.0. The summed E-state index contributed by atoms with van der Waals surface area (Å²) < 4.78 is 5.80. The average molecular weight is 475 g/mol. The van der Waals surface area contributed by atoms with Crippen molar-refractivity contribution in [2.45, 2.75) is 51.2 Å². The number of aliphatic hydroxyl groups excluding tert-OH is 1. The second-order valence-electron chi connectivity index (χ2n) is 9.13. The largest absolute Gasteiger partial charge is 0.491 e. The number of carbonyl (C=O) groups is 4. The summed E-state index contributed by atoms with van der Waals surface area (Å²) in [7, 11) is 1.63. The summed E-state index contributed by atoms with van der Waals surface area (Å²) in [4.78, 5) is 55.5. The number of para-hydroxylation sites is 1. The van der Waals surface area contributed by atoms with Crippen LogP contribution in [-0.2, 0) is 14.4 Å². The monoisotopic (exact) mass is 474 g/mol. The van der Waals surface area contributed by atoms with Crippen LogP contribution in [0.25, 0.3) is 0 Å². The van der Waals surface area contributed by atoms with Gasteiger partial charge in [-0.2, -0.15) is 0 Å². The van der Waals surface area contributed by atoms with Crippen molar-refractivity contribution in [3.8, 4) is 5.75 Å². The zero-order chi connectivity index (χ0) is 24.8. The van der Waals surface area contributed by atoms with Crippen molar-refractivity contribution < 1.29 is 29.0 Å². The predicted molar refractivity (Wildman–Crippen MR) is 124 cm³/mol. The van der Waals surface area contributed by atoms with Gasteiger partial charge in [0, 0.05) is 13.6 Å². The van der Waals surface area contributed by atoms with Gasteiger partial charge >= 0.3 is 0 Å². The Kier molecular flexibility index (Phi) is 8.49. The molecular weight excluding hydrogens is 440 g/mol. The molecule has 2 aliphatic rings. The molecule has 3 atom stereocenters. The molecule has 0 aromatic heterocycles. The minimum Gasteiger partial charge on any atom is -0.491 e. The third-order valence-electron chi connectivity index (χ3n) is 6.31. The number of ether oxygens (including phenoxy) is 1. The molecule has 0 aliphatic carbocycles. The molecule has 0 spiro atoms. The van der Waals surface area contributed by atoms with Crippen LogP contribution in [-0.4, -0.2) is 90.0 Å². The number of aliphatic hydroxyl groups is 1. The molecule has 0 bridgehead atoms. The van der Waals surface area contributed by atoms with Crippen LogP contribution in [0.15, 0.2) is 24.3 Å². The van der Waals surface area contributed by atoms with Crippen LogP contribution in [0.2, 0.25) is 0 Å². The van der Waals surface area contributed by atoms with Crippen LogP contribution in [0, 0.1) is 5.92 Å². The average Bonchev–Trinajstić information content (AvgIpc) is 3.29. The van der Waals surface area contributed by atoms with Crippen molar-refractivity contribution in [2.75, 3.05) is 33.4 Å². The highest BCUT2D eigenvalue weighted by molar-refractivity contribution is 6.01. The summed E-state index contributed by atoms with van der Waals surface area (Å²) in [5.41, 5.74) is 0.229. The Hall–Kier alpha value is -3.14. The molecule has 34 heavy (non-hydrogen) atoms. The van der Waals surface area contributed by atoms with E-state index >= 15 is 0 Å². The highest BCUT2D eigenvalue weighted by atomic mass is 16.5. The number of hydrogen-bond acceptors (Lipinski definition) is 6. The number of likely N-dealkylation sites (N-methyl/N-ethyl adjacent to an activating group) is 1. The highest BCUT2D eigenvalue weighted by Crippen LogP contribution is 2.21. The Morgan fingerprint density at radius 2 is 1.91 bits per heavy atom. The third kappa shape index (κ3) is 5.85. The molecule has 1 aromatic carbocycles. The molecule has 3 rings (SSSR count). The molecule has 0 radical (unpaired) electrons. The van der Waals surface area contributed by atoms with E-state index in [4.69, 9.17) is 4.74 Å². The Labute approximate surface area is 199 Å². The van der Waals surface area contributed by atoms with Gasteiger partial charge < -0.3 is 30.3 Å². The van der Waals surface area contributed by atoms with Gasteiger partial charge in [0.05, 0.1) is 31.2 Å². The lowest BCUT2D eigenvalue weighted by Crippen LogP contribution is -2.55.